The molecule has 1 aromatic carbocycles. The van der Waals surface area contributed by atoms with Crippen molar-refractivity contribution in [2.75, 3.05) is 13.1 Å². The van der Waals surface area contributed by atoms with Gasteiger partial charge in [-0.25, -0.2) is 0 Å². The summed E-state index contributed by atoms with van der Waals surface area (Å²) in [5, 5.41) is 11.4. The van der Waals surface area contributed by atoms with Gasteiger partial charge in [-0.3, -0.25) is 19.8 Å². The van der Waals surface area contributed by atoms with E-state index in [0.717, 1.165) is 18.2 Å². The molecule has 1 aliphatic rings. The number of benzene rings is 1. The highest BCUT2D eigenvalue weighted by atomic mass is 35.5. The lowest BCUT2D eigenvalue weighted by molar-refractivity contribution is -0.405. The number of amides is 1. The standard InChI is InChI=1S/C13H14ClN3O3/c14-12-4-2-11(3-5-12)8-15-6-1-7-16(10-18)13(15)9-17(19)20/h2-5,9-10H,1,6-8H2/b13-9-. The van der Waals surface area contributed by atoms with Crippen LogP contribution in [0.2, 0.25) is 5.02 Å². The summed E-state index contributed by atoms with van der Waals surface area (Å²) in [5.41, 5.74) is 0.983. The highest BCUT2D eigenvalue weighted by molar-refractivity contribution is 6.30. The summed E-state index contributed by atoms with van der Waals surface area (Å²) in [4.78, 5) is 24.4. The van der Waals surface area contributed by atoms with Crippen LogP contribution in [0.5, 0.6) is 0 Å². The van der Waals surface area contributed by atoms with Crippen molar-refractivity contribution in [2.45, 2.75) is 13.0 Å². The molecule has 1 heterocycles. The summed E-state index contributed by atoms with van der Waals surface area (Å²) in [6, 6.07) is 7.28. The Morgan fingerprint density at radius 2 is 2.00 bits per heavy atom. The van der Waals surface area contributed by atoms with Crippen LogP contribution in [0.4, 0.5) is 0 Å². The second kappa shape index (κ2) is 6.38. The van der Waals surface area contributed by atoms with E-state index in [0.29, 0.717) is 36.9 Å². The number of nitrogens with zero attached hydrogens (tertiary/aromatic N) is 3. The molecule has 0 bridgehead atoms. The van der Waals surface area contributed by atoms with Crippen molar-refractivity contribution in [1.29, 1.82) is 0 Å². The number of carbonyl (C=O) groups excluding carboxylic acids is 1. The van der Waals surface area contributed by atoms with E-state index in [9.17, 15) is 14.9 Å². The minimum atomic E-state index is -0.536. The minimum absolute atomic E-state index is 0.325. The molecule has 0 atom stereocenters. The average Bonchev–Trinajstić information content (AvgIpc) is 2.42. The van der Waals surface area contributed by atoms with E-state index in [1.807, 2.05) is 17.0 Å². The number of nitro groups is 1. The molecule has 20 heavy (non-hydrogen) atoms. The van der Waals surface area contributed by atoms with Crippen LogP contribution in [-0.2, 0) is 11.3 Å². The quantitative estimate of drug-likeness (QED) is 0.484. The zero-order valence-electron chi connectivity index (χ0n) is 10.7. The summed E-state index contributed by atoms with van der Waals surface area (Å²) in [6.07, 6.45) is 2.29. The molecular weight excluding hydrogens is 282 g/mol. The number of hydrogen-bond acceptors (Lipinski definition) is 4. The van der Waals surface area contributed by atoms with Gasteiger partial charge in [0.05, 0.1) is 4.92 Å². The van der Waals surface area contributed by atoms with Crippen LogP contribution in [-0.4, -0.2) is 34.2 Å². The fraction of sp³-hybridized carbons (Fsp3) is 0.308. The molecule has 1 aromatic rings. The van der Waals surface area contributed by atoms with Crippen LogP contribution < -0.4 is 0 Å². The Kier molecular flexibility index (Phi) is 4.57. The maximum atomic E-state index is 11.0. The molecule has 0 N–H and O–H groups in total. The summed E-state index contributed by atoms with van der Waals surface area (Å²) in [5.74, 6) is 0.325. The van der Waals surface area contributed by atoms with Gasteiger partial charge in [0.25, 0.3) is 6.20 Å². The molecule has 6 nitrogen and oxygen atoms in total. The van der Waals surface area contributed by atoms with Crippen LogP contribution in [0.3, 0.4) is 0 Å². The van der Waals surface area contributed by atoms with Crippen LogP contribution in [0, 0.1) is 10.1 Å². The molecule has 2 rings (SSSR count). The van der Waals surface area contributed by atoms with Gasteiger partial charge in [0.1, 0.15) is 0 Å². The maximum Gasteiger partial charge on any atom is 0.274 e. The first-order valence-electron chi connectivity index (χ1n) is 6.17. The lowest BCUT2D eigenvalue weighted by atomic mass is 10.2. The number of rotatable bonds is 4. The Balaban J connectivity index is 2.20. The SMILES string of the molecule is O=CN1CCCN(Cc2ccc(Cl)cc2)/C1=C/[N+](=O)[O-]. The Hall–Kier alpha value is -2.08. The van der Waals surface area contributed by atoms with E-state index >= 15 is 0 Å². The van der Waals surface area contributed by atoms with E-state index in [2.05, 4.69) is 0 Å². The highest BCUT2D eigenvalue weighted by Gasteiger charge is 2.24. The summed E-state index contributed by atoms with van der Waals surface area (Å²) in [6.45, 7) is 1.67. The van der Waals surface area contributed by atoms with Crippen molar-refractivity contribution >= 4 is 18.0 Å². The molecule has 106 valence electrons. The first-order chi connectivity index (χ1) is 9.60. The molecule has 1 saturated heterocycles. The van der Waals surface area contributed by atoms with Crippen LogP contribution in [0.1, 0.15) is 12.0 Å². The van der Waals surface area contributed by atoms with Crippen molar-refractivity contribution in [3.05, 3.63) is 57.0 Å². The van der Waals surface area contributed by atoms with Crippen LogP contribution in [0.25, 0.3) is 0 Å². The minimum Gasteiger partial charge on any atom is -0.348 e. The average molecular weight is 296 g/mol. The smallest absolute Gasteiger partial charge is 0.274 e. The molecule has 7 heteroatoms. The maximum absolute atomic E-state index is 11.0. The molecule has 1 fully saturated rings. The first kappa shape index (κ1) is 14.3. The van der Waals surface area contributed by atoms with Gasteiger partial charge in [-0.05, 0) is 24.1 Å². The summed E-state index contributed by atoms with van der Waals surface area (Å²) in [7, 11) is 0. The molecule has 0 unspecified atom stereocenters. The van der Waals surface area contributed by atoms with Crippen LogP contribution >= 0.6 is 11.6 Å². The monoisotopic (exact) mass is 295 g/mol. The van der Waals surface area contributed by atoms with E-state index in [-0.39, 0.29) is 0 Å². The lowest BCUT2D eigenvalue weighted by Gasteiger charge is -2.35. The highest BCUT2D eigenvalue weighted by Crippen LogP contribution is 2.20. The van der Waals surface area contributed by atoms with Gasteiger partial charge < -0.3 is 4.90 Å². The number of halogens is 1. The van der Waals surface area contributed by atoms with E-state index in [1.54, 1.807) is 12.1 Å². The van der Waals surface area contributed by atoms with Crippen molar-refractivity contribution < 1.29 is 9.72 Å². The Bertz CT molecular complexity index is 530. The third-order valence-electron chi connectivity index (χ3n) is 3.08. The summed E-state index contributed by atoms with van der Waals surface area (Å²) >= 11 is 5.83. The molecule has 0 aromatic heterocycles. The normalized spacial score (nSPS) is 17.4. The van der Waals surface area contributed by atoms with Gasteiger partial charge in [-0.1, -0.05) is 23.7 Å². The third-order valence-corrected chi connectivity index (χ3v) is 3.33. The zero-order valence-corrected chi connectivity index (χ0v) is 11.5. The lowest BCUT2D eigenvalue weighted by Crippen LogP contribution is -2.41. The largest absolute Gasteiger partial charge is 0.348 e. The van der Waals surface area contributed by atoms with Crippen molar-refractivity contribution in [1.82, 2.24) is 9.80 Å². The fourth-order valence-electron chi connectivity index (χ4n) is 2.17. The Labute approximate surface area is 121 Å². The topological polar surface area (TPSA) is 66.7 Å². The predicted molar refractivity (Wildman–Crippen MR) is 74.3 cm³/mol. The fourth-order valence-corrected chi connectivity index (χ4v) is 2.30. The zero-order chi connectivity index (χ0) is 14.5. The second-order valence-electron chi connectivity index (χ2n) is 4.47. The predicted octanol–water partition coefficient (Wildman–Crippen LogP) is 2.08. The molecule has 0 spiro atoms. The molecule has 1 amide bonds. The van der Waals surface area contributed by atoms with Gasteiger partial charge >= 0.3 is 0 Å². The Morgan fingerprint density at radius 3 is 2.60 bits per heavy atom. The third kappa shape index (κ3) is 3.48. The number of carbonyl (C=O) groups is 1. The van der Waals surface area contributed by atoms with Crippen molar-refractivity contribution in [3.8, 4) is 0 Å². The summed E-state index contributed by atoms with van der Waals surface area (Å²) < 4.78 is 0. The molecule has 1 aliphatic heterocycles. The molecular formula is C13H14ClN3O3. The van der Waals surface area contributed by atoms with Gasteiger partial charge in [0.2, 0.25) is 6.41 Å². The van der Waals surface area contributed by atoms with Gasteiger partial charge in [0, 0.05) is 24.7 Å². The Morgan fingerprint density at radius 1 is 1.30 bits per heavy atom. The molecule has 0 aliphatic carbocycles. The van der Waals surface area contributed by atoms with E-state index < -0.39 is 4.92 Å². The van der Waals surface area contributed by atoms with E-state index in [4.69, 9.17) is 11.6 Å². The van der Waals surface area contributed by atoms with Crippen LogP contribution in [0.15, 0.2) is 36.3 Å². The van der Waals surface area contributed by atoms with Crippen molar-refractivity contribution in [2.24, 2.45) is 0 Å². The van der Waals surface area contributed by atoms with Gasteiger partial charge in [0.15, 0.2) is 5.82 Å². The van der Waals surface area contributed by atoms with Gasteiger partial charge in [-0.15, -0.1) is 0 Å². The number of hydrogen-bond donors (Lipinski definition) is 0. The molecule has 0 saturated carbocycles. The second-order valence-corrected chi connectivity index (χ2v) is 4.91. The van der Waals surface area contributed by atoms with Gasteiger partial charge in [-0.2, -0.15) is 0 Å². The first-order valence-corrected chi connectivity index (χ1v) is 6.54. The molecule has 0 radical (unpaired) electrons. The van der Waals surface area contributed by atoms with Crippen molar-refractivity contribution in [3.63, 3.8) is 0 Å². The van der Waals surface area contributed by atoms with E-state index in [1.165, 1.54) is 4.90 Å².